The van der Waals surface area contributed by atoms with E-state index in [1.54, 1.807) is 0 Å². The zero-order valence-electron chi connectivity index (χ0n) is 7.02. The fraction of sp³-hybridized carbons (Fsp3) is 0.556. The van der Waals surface area contributed by atoms with Crippen molar-refractivity contribution in [3.63, 3.8) is 0 Å². The molecule has 1 heterocycles. The van der Waals surface area contributed by atoms with E-state index in [1.807, 2.05) is 0 Å². The normalized spacial score (nSPS) is 16.8. The molecule has 1 heteroatoms. The average Bonchev–Trinajstić information content (AvgIpc) is 2.34. The number of allylic oxidation sites excluding steroid dienone is 3. The summed E-state index contributed by atoms with van der Waals surface area (Å²) in [6.45, 7) is 6.66. The molecular formula is C9H14B. The van der Waals surface area contributed by atoms with Gasteiger partial charge in [0, 0.05) is 0 Å². The van der Waals surface area contributed by atoms with E-state index in [9.17, 15) is 0 Å². The Hall–Kier alpha value is -0.455. The Kier molecular flexibility index (Phi) is 2.36. The Labute approximate surface area is 64.3 Å². The second-order valence-electron chi connectivity index (χ2n) is 3.06. The van der Waals surface area contributed by atoms with Crippen LogP contribution in [-0.4, -0.2) is 7.28 Å². The maximum absolute atomic E-state index is 2.30. The molecule has 0 nitrogen and oxygen atoms in total. The van der Waals surface area contributed by atoms with Crippen molar-refractivity contribution in [2.24, 2.45) is 5.92 Å². The summed E-state index contributed by atoms with van der Waals surface area (Å²) in [5.41, 5.74) is 2.93. The predicted molar refractivity (Wildman–Crippen MR) is 47.0 cm³/mol. The lowest BCUT2D eigenvalue weighted by atomic mass is 9.72. The van der Waals surface area contributed by atoms with Gasteiger partial charge < -0.3 is 0 Å². The summed E-state index contributed by atoms with van der Waals surface area (Å²) in [5.74, 6) is 2.91. The van der Waals surface area contributed by atoms with Crippen LogP contribution in [0.2, 0.25) is 0 Å². The van der Waals surface area contributed by atoms with Gasteiger partial charge in [-0.1, -0.05) is 32.4 Å². The molecule has 10 heavy (non-hydrogen) atoms. The van der Waals surface area contributed by atoms with Crippen LogP contribution in [0.1, 0.15) is 27.2 Å². The summed E-state index contributed by atoms with van der Waals surface area (Å²) >= 11 is 0. The van der Waals surface area contributed by atoms with Crippen molar-refractivity contribution in [3.8, 4) is 0 Å². The third-order valence-corrected chi connectivity index (χ3v) is 1.92. The molecule has 0 N–H and O–H groups in total. The molecule has 1 aliphatic heterocycles. The van der Waals surface area contributed by atoms with Gasteiger partial charge in [0.25, 0.3) is 0 Å². The molecule has 1 rings (SSSR count). The van der Waals surface area contributed by atoms with Crippen molar-refractivity contribution in [3.05, 3.63) is 23.1 Å². The molecule has 0 spiro atoms. The van der Waals surface area contributed by atoms with Gasteiger partial charge in [0.15, 0.2) is 7.28 Å². The van der Waals surface area contributed by atoms with E-state index in [-0.39, 0.29) is 0 Å². The summed E-state index contributed by atoms with van der Waals surface area (Å²) in [4.78, 5) is 0. The summed E-state index contributed by atoms with van der Waals surface area (Å²) in [6, 6.07) is 0. The van der Waals surface area contributed by atoms with E-state index in [1.165, 1.54) is 11.0 Å². The van der Waals surface area contributed by atoms with Crippen molar-refractivity contribution < 1.29 is 0 Å². The molecule has 0 bridgehead atoms. The van der Waals surface area contributed by atoms with E-state index in [2.05, 4.69) is 40.1 Å². The molecule has 0 amide bonds. The van der Waals surface area contributed by atoms with Gasteiger partial charge in [-0.15, -0.1) is 11.4 Å². The van der Waals surface area contributed by atoms with E-state index in [4.69, 9.17) is 0 Å². The highest BCUT2D eigenvalue weighted by Crippen LogP contribution is 2.19. The van der Waals surface area contributed by atoms with Crippen LogP contribution in [0.4, 0.5) is 0 Å². The highest BCUT2D eigenvalue weighted by atomic mass is 14.0. The van der Waals surface area contributed by atoms with Crippen LogP contribution in [-0.2, 0) is 0 Å². The first-order valence-electron chi connectivity index (χ1n) is 3.99. The SMILES string of the molecule is CCC1=CC(C(C)C)=C[B]1. The highest BCUT2D eigenvalue weighted by Gasteiger charge is 2.07. The number of hydrogen-bond acceptors (Lipinski definition) is 0. The van der Waals surface area contributed by atoms with Crippen LogP contribution < -0.4 is 0 Å². The standard InChI is InChI=1S/C9H14B/c1-4-9-5-8(6-10-9)7(2)3/h5-7H,4H2,1-3H3. The summed E-state index contributed by atoms with van der Waals surface area (Å²) < 4.78 is 0. The Balaban J connectivity index is 2.59. The predicted octanol–water partition coefficient (Wildman–Crippen LogP) is 2.54. The van der Waals surface area contributed by atoms with Gasteiger partial charge in [-0.3, -0.25) is 0 Å². The molecule has 0 unspecified atom stereocenters. The first kappa shape index (κ1) is 7.65. The largest absolute Gasteiger partial charge is 0.176 e. The average molecular weight is 133 g/mol. The third-order valence-electron chi connectivity index (χ3n) is 1.92. The molecule has 0 aromatic heterocycles. The topological polar surface area (TPSA) is 0 Å². The van der Waals surface area contributed by atoms with Gasteiger partial charge >= 0.3 is 0 Å². The lowest BCUT2D eigenvalue weighted by Crippen LogP contribution is -1.86. The molecule has 53 valence electrons. The van der Waals surface area contributed by atoms with E-state index in [0.29, 0.717) is 5.92 Å². The lowest BCUT2D eigenvalue weighted by molar-refractivity contribution is 0.794. The quantitative estimate of drug-likeness (QED) is 0.507. The second kappa shape index (κ2) is 3.09. The first-order chi connectivity index (χ1) is 4.74. The molecule has 1 aliphatic rings. The summed E-state index contributed by atoms with van der Waals surface area (Å²) in [7, 11) is 2.22. The van der Waals surface area contributed by atoms with Gasteiger partial charge in [-0.05, 0) is 12.3 Å². The van der Waals surface area contributed by atoms with E-state index >= 15 is 0 Å². The van der Waals surface area contributed by atoms with Crippen molar-refractivity contribution >= 4 is 7.28 Å². The van der Waals surface area contributed by atoms with Crippen LogP contribution in [0.25, 0.3) is 0 Å². The Bertz CT molecular complexity index is 175. The highest BCUT2D eigenvalue weighted by molar-refractivity contribution is 6.52. The van der Waals surface area contributed by atoms with Crippen LogP contribution in [0.15, 0.2) is 23.1 Å². The van der Waals surface area contributed by atoms with Crippen LogP contribution in [0, 0.1) is 5.92 Å². The second-order valence-corrected chi connectivity index (χ2v) is 3.06. The van der Waals surface area contributed by atoms with E-state index in [0.717, 1.165) is 6.42 Å². The molecule has 0 aromatic rings. The van der Waals surface area contributed by atoms with Crippen molar-refractivity contribution in [1.82, 2.24) is 0 Å². The molecule has 0 saturated heterocycles. The minimum atomic E-state index is 0.681. The molecule has 0 aliphatic carbocycles. The zero-order valence-corrected chi connectivity index (χ0v) is 7.02. The minimum Gasteiger partial charge on any atom is -0.113 e. The van der Waals surface area contributed by atoms with Crippen LogP contribution >= 0.6 is 0 Å². The third kappa shape index (κ3) is 1.53. The van der Waals surface area contributed by atoms with Crippen molar-refractivity contribution in [1.29, 1.82) is 0 Å². The maximum atomic E-state index is 2.30. The maximum Gasteiger partial charge on any atom is 0.176 e. The Morgan fingerprint density at radius 1 is 1.50 bits per heavy atom. The van der Waals surface area contributed by atoms with E-state index < -0.39 is 0 Å². The minimum absolute atomic E-state index is 0.681. The number of hydrogen-bond donors (Lipinski definition) is 0. The summed E-state index contributed by atoms with van der Waals surface area (Å²) in [6.07, 6.45) is 3.46. The fourth-order valence-electron chi connectivity index (χ4n) is 1.09. The van der Waals surface area contributed by atoms with Gasteiger partial charge in [-0.25, -0.2) is 0 Å². The number of rotatable bonds is 2. The molecular weight excluding hydrogens is 119 g/mol. The first-order valence-corrected chi connectivity index (χ1v) is 3.99. The molecule has 0 aromatic carbocycles. The van der Waals surface area contributed by atoms with Crippen LogP contribution in [0.3, 0.4) is 0 Å². The Morgan fingerprint density at radius 2 is 2.20 bits per heavy atom. The smallest absolute Gasteiger partial charge is 0.113 e. The summed E-state index contributed by atoms with van der Waals surface area (Å²) in [5, 5.41) is 0. The van der Waals surface area contributed by atoms with Gasteiger partial charge in [0.05, 0.1) is 0 Å². The lowest BCUT2D eigenvalue weighted by Gasteiger charge is -2.01. The van der Waals surface area contributed by atoms with Gasteiger partial charge in [-0.2, -0.15) is 0 Å². The molecule has 0 atom stereocenters. The molecule has 0 saturated carbocycles. The molecule has 0 fully saturated rings. The van der Waals surface area contributed by atoms with Gasteiger partial charge in [0.2, 0.25) is 0 Å². The van der Waals surface area contributed by atoms with Crippen molar-refractivity contribution in [2.75, 3.05) is 0 Å². The fourth-order valence-corrected chi connectivity index (χ4v) is 1.09. The van der Waals surface area contributed by atoms with Crippen LogP contribution in [0.5, 0.6) is 0 Å². The van der Waals surface area contributed by atoms with Crippen molar-refractivity contribution in [2.45, 2.75) is 27.2 Å². The monoisotopic (exact) mass is 133 g/mol. The Morgan fingerprint density at radius 3 is 2.50 bits per heavy atom. The van der Waals surface area contributed by atoms with Gasteiger partial charge in [0.1, 0.15) is 0 Å². The molecule has 1 radical (unpaired) electrons. The zero-order chi connectivity index (χ0) is 7.56.